The van der Waals surface area contributed by atoms with Crippen LogP contribution in [0.1, 0.15) is 5.56 Å². The van der Waals surface area contributed by atoms with Crippen LogP contribution < -0.4 is 4.72 Å². The molecule has 0 heterocycles. The van der Waals surface area contributed by atoms with Crippen LogP contribution in [0.3, 0.4) is 0 Å². The predicted octanol–water partition coefficient (Wildman–Crippen LogP) is 5.47. The van der Waals surface area contributed by atoms with E-state index in [1.165, 1.54) is 24.3 Å². The van der Waals surface area contributed by atoms with Crippen LogP contribution in [0.25, 0.3) is 0 Å². The summed E-state index contributed by atoms with van der Waals surface area (Å²) in [6.45, 7) is 0. The van der Waals surface area contributed by atoms with Crippen molar-refractivity contribution in [1.29, 1.82) is 0 Å². The molecule has 2 aromatic rings. The van der Waals surface area contributed by atoms with Gasteiger partial charge in [-0.2, -0.15) is 13.2 Å². The number of sulfonamides is 1. The number of hydrogen-bond acceptors (Lipinski definition) is 2. The first-order valence-electron chi connectivity index (χ1n) is 5.85. The first-order chi connectivity index (χ1) is 10.5. The zero-order valence-corrected chi connectivity index (χ0v) is 14.0. The van der Waals surface area contributed by atoms with Gasteiger partial charge in [-0.15, -0.1) is 0 Å². The van der Waals surface area contributed by atoms with E-state index in [0.29, 0.717) is 11.1 Å². The number of nitrogens with one attached hydrogen (secondary N) is 1. The first-order valence-corrected chi connectivity index (χ1v) is 8.47. The Kier molecular flexibility index (Phi) is 5.06. The van der Waals surface area contributed by atoms with E-state index in [9.17, 15) is 21.6 Å². The summed E-state index contributed by atoms with van der Waals surface area (Å²) < 4.78 is 64.9. The van der Waals surface area contributed by atoms with Gasteiger partial charge in [0, 0.05) is 5.02 Å². The largest absolute Gasteiger partial charge is 0.417 e. The van der Waals surface area contributed by atoms with Crippen LogP contribution in [0, 0.1) is 0 Å². The quantitative estimate of drug-likeness (QED) is 0.738. The van der Waals surface area contributed by atoms with Gasteiger partial charge < -0.3 is 0 Å². The van der Waals surface area contributed by atoms with E-state index in [4.69, 9.17) is 34.8 Å². The molecule has 0 aliphatic carbocycles. The average molecular weight is 405 g/mol. The van der Waals surface area contributed by atoms with E-state index in [2.05, 4.69) is 0 Å². The monoisotopic (exact) mass is 403 g/mol. The van der Waals surface area contributed by atoms with Gasteiger partial charge >= 0.3 is 6.18 Å². The third kappa shape index (κ3) is 4.23. The Morgan fingerprint density at radius 3 is 2.00 bits per heavy atom. The molecule has 0 radical (unpaired) electrons. The maximum atomic E-state index is 12.8. The van der Waals surface area contributed by atoms with Crippen LogP contribution in [0.2, 0.25) is 15.1 Å². The number of alkyl halides is 3. The van der Waals surface area contributed by atoms with Crippen LogP contribution >= 0.6 is 34.8 Å². The summed E-state index contributed by atoms with van der Waals surface area (Å²) in [5.74, 6) is 0. The standard InChI is InChI=1S/C13H7Cl3F3NO2S/c14-7-1-3-8(4-2-7)23(21,22)20-12-5-9(13(17,18)19)10(15)6-11(12)16/h1-6,20H. The van der Waals surface area contributed by atoms with E-state index in [0.717, 1.165) is 6.07 Å². The van der Waals surface area contributed by atoms with Crippen LogP contribution in [0.15, 0.2) is 41.3 Å². The second kappa shape index (κ2) is 6.39. The summed E-state index contributed by atoms with van der Waals surface area (Å²) in [4.78, 5) is -0.179. The van der Waals surface area contributed by atoms with E-state index < -0.39 is 32.5 Å². The van der Waals surface area contributed by atoms with Crippen LogP contribution in [0.5, 0.6) is 0 Å². The summed E-state index contributed by atoms with van der Waals surface area (Å²) >= 11 is 16.9. The molecule has 0 spiro atoms. The summed E-state index contributed by atoms with van der Waals surface area (Å²) in [5.41, 5.74) is -1.63. The molecule has 0 saturated heterocycles. The lowest BCUT2D eigenvalue weighted by atomic mass is 10.2. The minimum atomic E-state index is -4.75. The summed E-state index contributed by atoms with van der Waals surface area (Å²) in [7, 11) is -4.13. The normalized spacial score (nSPS) is 12.3. The molecule has 0 unspecified atom stereocenters. The molecule has 0 amide bonds. The molecule has 23 heavy (non-hydrogen) atoms. The van der Waals surface area contributed by atoms with Crippen LogP contribution in [0.4, 0.5) is 18.9 Å². The van der Waals surface area contributed by atoms with Crippen LogP contribution in [-0.2, 0) is 16.2 Å². The molecule has 1 N–H and O–H groups in total. The van der Waals surface area contributed by atoms with E-state index in [-0.39, 0.29) is 9.92 Å². The number of benzene rings is 2. The highest BCUT2D eigenvalue weighted by molar-refractivity contribution is 7.92. The van der Waals surface area contributed by atoms with Gasteiger partial charge in [0.25, 0.3) is 10.0 Å². The molecule has 2 aromatic carbocycles. The predicted molar refractivity (Wildman–Crippen MR) is 83.7 cm³/mol. The fourth-order valence-corrected chi connectivity index (χ4v) is 3.45. The minimum absolute atomic E-state index is 0.179. The highest BCUT2D eigenvalue weighted by Crippen LogP contribution is 2.39. The van der Waals surface area contributed by atoms with E-state index in [1.54, 1.807) is 0 Å². The van der Waals surface area contributed by atoms with Crippen molar-refractivity contribution in [1.82, 2.24) is 0 Å². The highest BCUT2D eigenvalue weighted by Gasteiger charge is 2.34. The maximum Gasteiger partial charge on any atom is 0.417 e. The van der Waals surface area contributed by atoms with Gasteiger partial charge in [0.2, 0.25) is 0 Å². The molecule has 0 aromatic heterocycles. The van der Waals surface area contributed by atoms with Gasteiger partial charge in [0.1, 0.15) is 0 Å². The highest BCUT2D eigenvalue weighted by atomic mass is 35.5. The second-order valence-electron chi connectivity index (χ2n) is 4.37. The zero-order chi connectivity index (χ0) is 17.4. The lowest BCUT2D eigenvalue weighted by Gasteiger charge is -2.14. The first kappa shape index (κ1) is 18.2. The van der Waals surface area contributed by atoms with Gasteiger partial charge in [-0.25, -0.2) is 8.42 Å². The van der Waals surface area contributed by atoms with Crippen LogP contribution in [-0.4, -0.2) is 8.42 Å². The molecular formula is C13H7Cl3F3NO2S. The van der Waals surface area contributed by atoms with Crippen molar-refractivity contribution in [2.45, 2.75) is 11.1 Å². The Morgan fingerprint density at radius 1 is 0.913 bits per heavy atom. The number of rotatable bonds is 3. The minimum Gasteiger partial charge on any atom is -0.278 e. The van der Waals surface area contributed by atoms with Gasteiger partial charge in [0.15, 0.2) is 0 Å². The number of hydrogen-bond donors (Lipinski definition) is 1. The molecule has 0 aliphatic heterocycles. The van der Waals surface area contributed by atoms with Gasteiger partial charge in [0.05, 0.1) is 26.2 Å². The zero-order valence-electron chi connectivity index (χ0n) is 11.0. The smallest absolute Gasteiger partial charge is 0.278 e. The van der Waals surface area contributed by atoms with Gasteiger partial charge in [-0.3, -0.25) is 4.72 Å². The Labute approximate surface area is 145 Å². The number of anilines is 1. The Bertz CT molecular complexity index is 837. The van der Waals surface area contributed by atoms with E-state index in [1.807, 2.05) is 4.72 Å². The molecule has 0 aliphatic rings. The van der Waals surface area contributed by atoms with Gasteiger partial charge in [-0.05, 0) is 36.4 Å². The SMILES string of the molecule is O=S(=O)(Nc1cc(C(F)(F)F)c(Cl)cc1Cl)c1ccc(Cl)cc1. The molecule has 2 rings (SSSR count). The second-order valence-corrected chi connectivity index (χ2v) is 7.30. The lowest BCUT2D eigenvalue weighted by Crippen LogP contribution is -2.14. The topological polar surface area (TPSA) is 46.2 Å². The molecule has 0 fully saturated rings. The third-order valence-corrected chi connectivity index (χ3v) is 4.99. The molecule has 10 heteroatoms. The Balaban J connectivity index is 2.45. The molecule has 124 valence electrons. The molecule has 0 atom stereocenters. The fraction of sp³-hybridized carbons (Fsp3) is 0.0769. The maximum absolute atomic E-state index is 12.8. The Morgan fingerprint density at radius 2 is 1.48 bits per heavy atom. The van der Waals surface area contributed by atoms with Crippen molar-refractivity contribution >= 4 is 50.5 Å². The molecule has 0 bridgehead atoms. The van der Waals surface area contributed by atoms with Crippen molar-refractivity contribution in [2.75, 3.05) is 4.72 Å². The van der Waals surface area contributed by atoms with Crippen molar-refractivity contribution in [3.05, 3.63) is 57.0 Å². The Hall–Kier alpha value is -1.15. The third-order valence-electron chi connectivity index (χ3n) is 2.73. The van der Waals surface area contributed by atoms with Crippen molar-refractivity contribution in [2.24, 2.45) is 0 Å². The lowest BCUT2D eigenvalue weighted by molar-refractivity contribution is -0.137. The van der Waals surface area contributed by atoms with Crippen molar-refractivity contribution < 1.29 is 21.6 Å². The van der Waals surface area contributed by atoms with Gasteiger partial charge in [-0.1, -0.05) is 34.8 Å². The average Bonchev–Trinajstić information content (AvgIpc) is 2.41. The fourth-order valence-electron chi connectivity index (χ4n) is 1.66. The summed E-state index contributed by atoms with van der Waals surface area (Å²) in [5, 5.41) is -0.578. The molecular weight excluding hydrogens is 398 g/mol. The van der Waals surface area contributed by atoms with E-state index >= 15 is 0 Å². The molecule has 3 nitrogen and oxygen atoms in total. The summed E-state index contributed by atoms with van der Waals surface area (Å²) in [6, 6.07) is 6.45. The van der Waals surface area contributed by atoms with Crippen molar-refractivity contribution in [3.8, 4) is 0 Å². The molecule has 0 saturated carbocycles. The van der Waals surface area contributed by atoms with Crippen molar-refractivity contribution in [3.63, 3.8) is 0 Å². The number of halogens is 6. The summed E-state index contributed by atoms with van der Waals surface area (Å²) in [6.07, 6.45) is -4.75.